The summed E-state index contributed by atoms with van der Waals surface area (Å²) in [4.78, 5) is 26.5. The molecule has 126 valence electrons. The molecule has 1 aliphatic heterocycles. The number of hydrogen-bond donors (Lipinski definition) is 1. The lowest BCUT2D eigenvalue weighted by Crippen LogP contribution is -2.51. The third kappa shape index (κ3) is 3.03. The Morgan fingerprint density at radius 3 is 2.79 bits per heavy atom. The molecular weight excluding hydrogens is 310 g/mol. The predicted molar refractivity (Wildman–Crippen MR) is 85.6 cm³/mol. The Morgan fingerprint density at radius 2 is 2.08 bits per heavy atom. The van der Waals surface area contributed by atoms with Crippen molar-refractivity contribution in [3.05, 3.63) is 48.3 Å². The number of nitrogens with zero attached hydrogens (tertiary/aromatic N) is 3. The van der Waals surface area contributed by atoms with E-state index in [1.165, 1.54) is 12.0 Å². The largest absolute Gasteiger partial charge is 0.467 e. The minimum absolute atomic E-state index is 0.183. The van der Waals surface area contributed by atoms with Gasteiger partial charge in [0.15, 0.2) is 0 Å². The van der Waals surface area contributed by atoms with Crippen LogP contribution in [0.1, 0.15) is 23.2 Å². The van der Waals surface area contributed by atoms with E-state index in [0.717, 1.165) is 0 Å². The van der Waals surface area contributed by atoms with Crippen LogP contribution < -0.4 is 0 Å². The summed E-state index contributed by atoms with van der Waals surface area (Å²) in [6.45, 7) is 0.299. The molecule has 1 aliphatic rings. The molecule has 0 radical (unpaired) electrons. The smallest absolute Gasteiger partial charge is 0.328 e. The van der Waals surface area contributed by atoms with Crippen molar-refractivity contribution in [2.75, 3.05) is 13.7 Å². The summed E-state index contributed by atoms with van der Waals surface area (Å²) in [5.74, 6) is -0.790. The topological polar surface area (TPSA) is 84.7 Å². The van der Waals surface area contributed by atoms with E-state index in [1.54, 1.807) is 41.3 Å². The summed E-state index contributed by atoms with van der Waals surface area (Å²) in [7, 11) is 1.28. The predicted octanol–water partition coefficient (Wildman–Crippen LogP) is 1.01. The number of aliphatic hydroxyl groups excluding tert-OH is 1. The van der Waals surface area contributed by atoms with Crippen molar-refractivity contribution < 1.29 is 19.4 Å². The maximum atomic E-state index is 13.0. The Hall–Kier alpha value is -2.67. The van der Waals surface area contributed by atoms with Crippen molar-refractivity contribution in [3.63, 3.8) is 0 Å². The van der Waals surface area contributed by atoms with Crippen LogP contribution in [0.5, 0.6) is 0 Å². The molecule has 3 rings (SSSR count). The molecule has 1 fully saturated rings. The summed E-state index contributed by atoms with van der Waals surface area (Å²) in [5.41, 5.74) is 1.09. The highest BCUT2D eigenvalue weighted by Gasteiger charge is 2.37. The second-order valence-electron chi connectivity index (χ2n) is 5.68. The molecule has 0 spiro atoms. The Bertz CT molecular complexity index is 729. The van der Waals surface area contributed by atoms with Crippen LogP contribution in [0.15, 0.2) is 42.7 Å². The zero-order chi connectivity index (χ0) is 17.1. The van der Waals surface area contributed by atoms with E-state index in [0.29, 0.717) is 24.2 Å². The molecule has 7 nitrogen and oxygen atoms in total. The average molecular weight is 329 g/mol. The third-order valence-corrected chi connectivity index (χ3v) is 4.19. The lowest BCUT2D eigenvalue weighted by Gasteiger charge is -2.36. The fraction of sp³-hybridized carbons (Fsp3) is 0.353. The first-order chi connectivity index (χ1) is 11.6. The second-order valence-corrected chi connectivity index (χ2v) is 5.68. The fourth-order valence-electron chi connectivity index (χ4n) is 2.97. The van der Waals surface area contributed by atoms with E-state index in [9.17, 15) is 14.7 Å². The van der Waals surface area contributed by atoms with Gasteiger partial charge in [-0.2, -0.15) is 5.10 Å². The highest BCUT2D eigenvalue weighted by Crippen LogP contribution is 2.23. The van der Waals surface area contributed by atoms with Crippen LogP contribution in [-0.2, 0) is 9.53 Å². The van der Waals surface area contributed by atoms with Gasteiger partial charge in [0.2, 0.25) is 0 Å². The number of carbonyl (C=O) groups is 2. The Morgan fingerprint density at radius 1 is 1.29 bits per heavy atom. The van der Waals surface area contributed by atoms with Crippen LogP contribution in [0.2, 0.25) is 0 Å². The maximum Gasteiger partial charge on any atom is 0.328 e. The summed E-state index contributed by atoms with van der Waals surface area (Å²) >= 11 is 0. The summed E-state index contributed by atoms with van der Waals surface area (Å²) in [6.07, 6.45) is 3.39. The van der Waals surface area contributed by atoms with Gasteiger partial charge in [-0.15, -0.1) is 0 Å². The van der Waals surface area contributed by atoms with E-state index in [2.05, 4.69) is 5.10 Å². The molecular formula is C17H19N3O4. The van der Waals surface area contributed by atoms with Crippen LogP contribution in [0.3, 0.4) is 0 Å². The minimum atomic E-state index is -0.781. The first-order valence-electron chi connectivity index (χ1n) is 7.77. The first-order valence-corrected chi connectivity index (χ1v) is 7.77. The van der Waals surface area contributed by atoms with Crippen LogP contribution in [0.25, 0.3) is 5.69 Å². The number of hydrogen-bond acceptors (Lipinski definition) is 5. The number of benzene rings is 1. The van der Waals surface area contributed by atoms with Crippen molar-refractivity contribution >= 4 is 11.9 Å². The van der Waals surface area contributed by atoms with Gasteiger partial charge in [0, 0.05) is 25.4 Å². The Balaban J connectivity index is 1.95. The molecule has 1 aromatic carbocycles. The summed E-state index contributed by atoms with van der Waals surface area (Å²) in [6, 6.07) is 8.09. The molecule has 1 N–H and O–H groups in total. The van der Waals surface area contributed by atoms with E-state index >= 15 is 0 Å². The number of rotatable bonds is 3. The lowest BCUT2D eigenvalue weighted by molar-refractivity contribution is -0.148. The Labute approximate surface area is 139 Å². The van der Waals surface area contributed by atoms with Crippen molar-refractivity contribution in [1.29, 1.82) is 0 Å². The highest BCUT2D eigenvalue weighted by atomic mass is 16.5. The van der Waals surface area contributed by atoms with Gasteiger partial charge in [0.25, 0.3) is 5.91 Å². The van der Waals surface area contributed by atoms with E-state index in [4.69, 9.17) is 4.74 Å². The number of carbonyl (C=O) groups excluding carboxylic acids is 2. The molecule has 2 atom stereocenters. The molecule has 1 amide bonds. The molecule has 1 saturated heterocycles. The fourth-order valence-corrected chi connectivity index (χ4v) is 2.97. The van der Waals surface area contributed by atoms with Crippen molar-refractivity contribution in [2.45, 2.75) is 25.0 Å². The van der Waals surface area contributed by atoms with Gasteiger partial charge >= 0.3 is 5.97 Å². The minimum Gasteiger partial charge on any atom is -0.467 e. The SMILES string of the molecule is COC(=O)[C@@H]1C[C@H](O)CCN1C(=O)c1ccccc1-n1cccn1. The first kappa shape index (κ1) is 16.2. The van der Waals surface area contributed by atoms with Crippen molar-refractivity contribution in [1.82, 2.24) is 14.7 Å². The molecule has 0 saturated carbocycles. The number of aliphatic hydroxyl groups is 1. The van der Waals surface area contributed by atoms with Gasteiger partial charge in [-0.3, -0.25) is 4.79 Å². The molecule has 2 aromatic rings. The average Bonchev–Trinajstić information content (AvgIpc) is 3.15. The zero-order valence-electron chi connectivity index (χ0n) is 13.3. The Kier molecular flexibility index (Phi) is 4.61. The van der Waals surface area contributed by atoms with Crippen LogP contribution >= 0.6 is 0 Å². The zero-order valence-corrected chi connectivity index (χ0v) is 13.3. The van der Waals surface area contributed by atoms with Crippen molar-refractivity contribution in [2.24, 2.45) is 0 Å². The number of amides is 1. The van der Waals surface area contributed by atoms with Gasteiger partial charge in [-0.25, -0.2) is 9.48 Å². The lowest BCUT2D eigenvalue weighted by atomic mass is 9.98. The quantitative estimate of drug-likeness (QED) is 0.850. The van der Waals surface area contributed by atoms with Crippen LogP contribution in [-0.4, -0.2) is 57.5 Å². The number of aromatic nitrogens is 2. The molecule has 24 heavy (non-hydrogen) atoms. The normalized spacial score (nSPS) is 20.7. The maximum absolute atomic E-state index is 13.0. The number of likely N-dealkylation sites (tertiary alicyclic amines) is 1. The number of methoxy groups -OCH3 is 1. The standard InChI is InChI=1S/C17H19N3O4/c1-24-17(23)15-11-12(21)7-10-19(15)16(22)13-5-2-3-6-14(13)20-9-4-8-18-20/h2-6,8-9,12,15,21H,7,10-11H2,1H3/t12-,15+/m1/s1. The van der Waals surface area contributed by atoms with Crippen molar-refractivity contribution in [3.8, 4) is 5.69 Å². The summed E-state index contributed by atoms with van der Waals surface area (Å²) in [5, 5.41) is 14.0. The second kappa shape index (κ2) is 6.84. The number of esters is 1. The van der Waals surface area contributed by atoms with E-state index < -0.39 is 18.1 Å². The number of ether oxygens (including phenoxy) is 1. The number of piperidine rings is 1. The number of para-hydroxylation sites is 1. The summed E-state index contributed by atoms with van der Waals surface area (Å²) < 4.78 is 6.41. The van der Waals surface area contributed by atoms with Gasteiger partial charge in [0.1, 0.15) is 6.04 Å². The van der Waals surface area contributed by atoms with E-state index in [-0.39, 0.29) is 12.3 Å². The van der Waals surface area contributed by atoms with Crippen LogP contribution in [0.4, 0.5) is 0 Å². The van der Waals surface area contributed by atoms with Gasteiger partial charge < -0.3 is 14.7 Å². The highest BCUT2D eigenvalue weighted by molar-refractivity contribution is 6.00. The molecule has 7 heteroatoms. The molecule has 0 unspecified atom stereocenters. The third-order valence-electron chi connectivity index (χ3n) is 4.19. The van der Waals surface area contributed by atoms with E-state index in [1.807, 2.05) is 6.07 Å². The molecule has 0 aliphatic carbocycles. The molecule has 2 heterocycles. The molecule has 1 aromatic heterocycles. The van der Waals surface area contributed by atoms with Gasteiger partial charge in [-0.05, 0) is 24.6 Å². The monoisotopic (exact) mass is 329 g/mol. The van der Waals surface area contributed by atoms with Crippen LogP contribution in [0, 0.1) is 0 Å². The van der Waals surface area contributed by atoms with Gasteiger partial charge in [-0.1, -0.05) is 12.1 Å². The molecule has 0 bridgehead atoms. The van der Waals surface area contributed by atoms with Gasteiger partial charge in [0.05, 0.1) is 24.5 Å².